The molecule has 2 N–H and O–H groups in total. The molecule has 0 bridgehead atoms. The second kappa shape index (κ2) is 11.0. The molecule has 0 spiro atoms. The van der Waals surface area contributed by atoms with Crippen molar-refractivity contribution in [1.82, 2.24) is 20.7 Å². The predicted octanol–water partition coefficient (Wildman–Crippen LogP) is 3.34. The first-order chi connectivity index (χ1) is 11.5. The molecule has 25 heavy (non-hydrogen) atoms. The van der Waals surface area contributed by atoms with E-state index in [0.717, 1.165) is 43.1 Å². The molecule has 1 aromatic rings. The van der Waals surface area contributed by atoms with Crippen LogP contribution in [0.1, 0.15) is 64.8 Å². The molecule has 0 unspecified atom stereocenters. The molecular weight excluding hydrogens is 429 g/mol. The highest BCUT2D eigenvalue weighted by Crippen LogP contribution is 2.27. The Bertz CT molecular complexity index is 523. The lowest BCUT2D eigenvalue weighted by Gasteiger charge is -2.26. The van der Waals surface area contributed by atoms with Gasteiger partial charge in [0, 0.05) is 37.8 Å². The number of nitrogens with one attached hydrogen (secondary N) is 2. The van der Waals surface area contributed by atoms with Gasteiger partial charge < -0.3 is 15.2 Å². The maximum Gasteiger partial charge on any atom is 0.191 e. The molecule has 144 valence electrons. The molecule has 1 aromatic heterocycles. The number of aromatic nitrogens is 1. The minimum Gasteiger partial charge on any atom is -0.359 e. The van der Waals surface area contributed by atoms with E-state index in [0.29, 0.717) is 18.5 Å². The molecule has 6 nitrogen and oxygen atoms in total. The molecule has 0 amide bonds. The molecule has 0 aromatic carbocycles. The second-order valence-corrected chi connectivity index (χ2v) is 7.06. The summed E-state index contributed by atoms with van der Waals surface area (Å²) >= 11 is 0. The standard InChI is InChI=1S/C18H33N5O.HI/c1-6-19-18(20-9-10-23(14(4)5)15-7-8-15)21-12-16-11-17(13(2)3)22-24-16;/h11,13-15H,6-10,12H2,1-5H3,(H2,19,20,21);1H. The Balaban J connectivity index is 0.00000312. The highest BCUT2D eigenvalue weighted by molar-refractivity contribution is 14.0. The van der Waals surface area contributed by atoms with Crippen LogP contribution in [0.4, 0.5) is 0 Å². The molecule has 1 aliphatic rings. The molecule has 1 heterocycles. The van der Waals surface area contributed by atoms with E-state index in [2.05, 4.69) is 60.3 Å². The van der Waals surface area contributed by atoms with Crippen molar-refractivity contribution in [3.8, 4) is 0 Å². The molecule has 1 saturated carbocycles. The van der Waals surface area contributed by atoms with Crippen LogP contribution in [-0.4, -0.2) is 47.7 Å². The number of nitrogens with zero attached hydrogens (tertiary/aromatic N) is 3. The van der Waals surface area contributed by atoms with E-state index in [4.69, 9.17) is 4.52 Å². The smallest absolute Gasteiger partial charge is 0.191 e. The van der Waals surface area contributed by atoms with Crippen LogP contribution in [-0.2, 0) is 6.54 Å². The Morgan fingerprint density at radius 1 is 1.32 bits per heavy atom. The molecule has 7 heteroatoms. The first-order valence-electron chi connectivity index (χ1n) is 9.24. The Labute approximate surface area is 169 Å². The molecule has 0 radical (unpaired) electrons. The molecule has 0 saturated heterocycles. The Kier molecular flexibility index (Phi) is 9.78. The summed E-state index contributed by atoms with van der Waals surface area (Å²) in [5, 5.41) is 10.8. The SMILES string of the molecule is CCNC(=NCc1cc(C(C)C)no1)NCCN(C(C)C)C1CC1.I. The topological polar surface area (TPSA) is 65.7 Å². The second-order valence-electron chi connectivity index (χ2n) is 7.06. The van der Waals surface area contributed by atoms with Crippen LogP contribution in [0, 0.1) is 0 Å². The summed E-state index contributed by atoms with van der Waals surface area (Å²) in [4.78, 5) is 7.17. The third kappa shape index (κ3) is 7.52. The summed E-state index contributed by atoms with van der Waals surface area (Å²) in [6.45, 7) is 14.1. The quantitative estimate of drug-likeness (QED) is 0.334. The summed E-state index contributed by atoms with van der Waals surface area (Å²) < 4.78 is 5.35. The number of rotatable bonds is 9. The van der Waals surface area contributed by atoms with Gasteiger partial charge in [0.2, 0.25) is 0 Å². The van der Waals surface area contributed by atoms with Gasteiger partial charge in [-0.25, -0.2) is 4.99 Å². The lowest BCUT2D eigenvalue weighted by Crippen LogP contribution is -2.43. The summed E-state index contributed by atoms with van der Waals surface area (Å²) in [5.74, 6) is 2.01. The van der Waals surface area contributed by atoms with Crippen LogP contribution in [0.3, 0.4) is 0 Å². The summed E-state index contributed by atoms with van der Waals surface area (Å²) in [5.41, 5.74) is 0.982. The van der Waals surface area contributed by atoms with Gasteiger partial charge in [0.25, 0.3) is 0 Å². The molecule has 1 aliphatic carbocycles. The first-order valence-corrected chi connectivity index (χ1v) is 9.24. The Morgan fingerprint density at radius 2 is 2.04 bits per heavy atom. The van der Waals surface area contributed by atoms with Gasteiger partial charge in [-0.2, -0.15) is 0 Å². The van der Waals surface area contributed by atoms with Crippen molar-refractivity contribution in [1.29, 1.82) is 0 Å². The van der Waals surface area contributed by atoms with Gasteiger partial charge in [-0.3, -0.25) is 4.90 Å². The van der Waals surface area contributed by atoms with E-state index in [-0.39, 0.29) is 24.0 Å². The summed E-state index contributed by atoms with van der Waals surface area (Å²) in [7, 11) is 0. The van der Waals surface area contributed by atoms with Crippen LogP contribution in [0.15, 0.2) is 15.6 Å². The molecule has 2 rings (SSSR count). The van der Waals surface area contributed by atoms with E-state index in [1.807, 2.05) is 6.07 Å². The first kappa shape index (κ1) is 22.2. The third-order valence-electron chi connectivity index (χ3n) is 4.25. The predicted molar refractivity (Wildman–Crippen MR) is 114 cm³/mol. The molecule has 1 fully saturated rings. The van der Waals surface area contributed by atoms with Crippen molar-refractivity contribution in [3.05, 3.63) is 17.5 Å². The number of guanidine groups is 1. The van der Waals surface area contributed by atoms with Crippen molar-refractivity contribution >= 4 is 29.9 Å². The zero-order valence-electron chi connectivity index (χ0n) is 16.2. The number of aliphatic imine (C=N–C) groups is 1. The number of hydrogen-bond acceptors (Lipinski definition) is 4. The lowest BCUT2D eigenvalue weighted by atomic mass is 10.1. The van der Waals surface area contributed by atoms with Gasteiger partial charge in [-0.15, -0.1) is 24.0 Å². The normalized spacial score (nSPS) is 15.0. The maximum absolute atomic E-state index is 5.35. The number of halogens is 1. The van der Waals surface area contributed by atoms with E-state index < -0.39 is 0 Å². The monoisotopic (exact) mass is 463 g/mol. The third-order valence-corrected chi connectivity index (χ3v) is 4.25. The average molecular weight is 463 g/mol. The van der Waals surface area contributed by atoms with Crippen molar-refractivity contribution in [2.45, 2.75) is 72.0 Å². The van der Waals surface area contributed by atoms with Gasteiger partial charge >= 0.3 is 0 Å². The van der Waals surface area contributed by atoms with E-state index in [1.165, 1.54) is 12.8 Å². The average Bonchev–Trinajstić information content (AvgIpc) is 3.24. The zero-order valence-corrected chi connectivity index (χ0v) is 18.5. The number of hydrogen-bond donors (Lipinski definition) is 2. The van der Waals surface area contributed by atoms with Crippen molar-refractivity contribution < 1.29 is 4.52 Å². The Morgan fingerprint density at radius 3 is 2.56 bits per heavy atom. The van der Waals surface area contributed by atoms with Crippen LogP contribution >= 0.6 is 24.0 Å². The van der Waals surface area contributed by atoms with Crippen molar-refractivity contribution in [2.75, 3.05) is 19.6 Å². The van der Waals surface area contributed by atoms with E-state index in [9.17, 15) is 0 Å². The van der Waals surface area contributed by atoms with Gasteiger partial charge in [0.15, 0.2) is 11.7 Å². The highest BCUT2D eigenvalue weighted by Gasteiger charge is 2.30. The van der Waals surface area contributed by atoms with Gasteiger partial charge in [0.05, 0.1) is 5.69 Å². The Hall–Kier alpha value is -0.830. The fourth-order valence-electron chi connectivity index (χ4n) is 2.75. The zero-order chi connectivity index (χ0) is 17.5. The van der Waals surface area contributed by atoms with E-state index >= 15 is 0 Å². The highest BCUT2D eigenvalue weighted by atomic mass is 127. The molecular formula is C18H34IN5O. The van der Waals surface area contributed by atoms with E-state index in [1.54, 1.807) is 0 Å². The lowest BCUT2D eigenvalue weighted by molar-refractivity contribution is 0.215. The fraction of sp³-hybridized carbons (Fsp3) is 0.778. The van der Waals surface area contributed by atoms with Gasteiger partial charge in [-0.05, 0) is 39.5 Å². The summed E-state index contributed by atoms with van der Waals surface area (Å²) in [6.07, 6.45) is 2.69. The van der Waals surface area contributed by atoms with Crippen molar-refractivity contribution in [2.24, 2.45) is 4.99 Å². The fourth-order valence-corrected chi connectivity index (χ4v) is 2.75. The maximum atomic E-state index is 5.35. The summed E-state index contributed by atoms with van der Waals surface area (Å²) in [6, 6.07) is 3.38. The minimum atomic E-state index is 0. The van der Waals surface area contributed by atoms with Crippen LogP contribution in [0.25, 0.3) is 0 Å². The van der Waals surface area contributed by atoms with Crippen LogP contribution in [0.2, 0.25) is 0 Å². The molecule has 0 aliphatic heterocycles. The van der Waals surface area contributed by atoms with Crippen molar-refractivity contribution in [3.63, 3.8) is 0 Å². The molecule has 0 atom stereocenters. The van der Waals surface area contributed by atoms with Gasteiger partial charge in [-0.1, -0.05) is 19.0 Å². The largest absolute Gasteiger partial charge is 0.359 e. The van der Waals surface area contributed by atoms with Crippen LogP contribution < -0.4 is 10.6 Å². The minimum absolute atomic E-state index is 0. The van der Waals surface area contributed by atoms with Crippen LogP contribution in [0.5, 0.6) is 0 Å². The van der Waals surface area contributed by atoms with Gasteiger partial charge in [0.1, 0.15) is 6.54 Å².